The Hall–Kier alpha value is -1.51. The van der Waals surface area contributed by atoms with Crippen LogP contribution >= 0.6 is 0 Å². The van der Waals surface area contributed by atoms with Crippen molar-refractivity contribution in [1.29, 1.82) is 0 Å². The van der Waals surface area contributed by atoms with Gasteiger partial charge in [-0.2, -0.15) is 0 Å². The van der Waals surface area contributed by atoms with E-state index in [2.05, 4.69) is 11.4 Å². The Labute approximate surface area is 95.5 Å². The van der Waals surface area contributed by atoms with Gasteiger partial charge < -0.3 is 10.4 Å². The molecule has 0 aromatic heterocycles. The van der Waals surface area contributed by atoms with Crippen LogP contribution < -0.4 is 5.32 Å². The molecule has 1 aromatic rings. The zero-order valence-electron chi connectivity index (χ0n) is 9.60. The largest absolute Gasteiger partial charge is 0.481 e. The lowest BCUT2D eigenvalue weighted by Gasteiger charge is -2.23. The SMILES string of the molecule is CC(C)C(C(=O)O)C1Cc2ccccc2N1. The molecule has 16 heavy (non-hydrogen) atoms. The molecule has 86 valence electrons. The predicted octanol–water partition coefficient (Wildman–Crippen LogP) is 2.38. The van der Waals surface area contributed by atoms with Crippen LogP contribution in [-0.4, -0.2) is 17.1 Å². The second kappa shape index (κ2) is 4.16. The lowest BCUT2D eigenvalue weighted by molar-refractivity contribution is -0.143. The summed E-state index contributed by atoms with van der Waals surface area (Å²) in [6.45, 7) is 3.92. The summed E-state index contributed by atoms with van der Waals surface area (Å²) in [6, 6.07) is 8.05. The summed E-state index contributed by atoms with van der Waals surface area (Å²) in [5.41, 5.74) is 2.30. The fraction of sp³-hybridized carbons (Fsp3) is 0.462. The van der Waals surface area contributed by atoms with Gasteiger partial charge in [0, 0.05) is 11.7 Å². The molecule has 0 spiro atoms. The van der Waals surface area contributed by atoms with Gasteiger partial charge in [-0.15, -0.1) is 0 Å². The molecule has 3 nitrogen and oxygen atoms in total. The van der Waals surface area contributed by atoms with Gasteiger partial charge in [-0.05, 0) is 24.0 Å². The summed E-state index contributed by atoms with van der Waals surface area (Å²) in [7, 11) is 0. The van der Waals surface area contributed by atoms with Crippen LogP contribution in [0.15, 0.2) is 24.3 Å². The predicted molar refractivity (Wildman–Crippen MR) is 63.5 cm³/mol. The topological polar surface area (TPSA) is 49.3 Å². The molecule has 0 fully saturated rings. The van der Waals surface area contributed by atoms with E-state index in [1.165, 1.54) is 5.56 Å². The number of hydrogen-bond acceptors (Lipinski definition) is 2. The number of carboxylic acids is 1. The molecular weight excluding hydrogens is 202 g/mol. The molecule has 0 radical (unpaired) electrons. The number of para-hydroxylation sites is 1. The number of carbonyl (C=O) groups is 1. The van der Waals surface area contributed by atoms with Gasteiger partial charge in [-0.25, -0.2) is 0 Å². The number of rotatable bonds is 3. The van der Waals surface area contributed by atoms with Crippen LogP contribution in [0.3, 0.4) is 0 Å². The highest BCUT2D eigenvalue weighted by atomic mass is 16.4. The van der Waals surface area contributed by atoms with Crippen molar-refractivity contribution in [3.05, 3.63) is 29.8 Å². The lowest BCUT2D eigenvalue weighted by Crippen LogP contribution is -2.36. The lowest BCUT2D eigenvalue weighted by atomic mass is 9.87. The number of carboxylic acid groups (broad SMARTS) is 1. The molecule has 1 aliphatic heterocycles. The van der Waals surface area contributed by atoms with E-state index in [0.29, 0.717) is 0 Å². The number of benzene rings is 1. The van der Waals surface area contributed by atoms with Crippen molar-refractivity contribution in [2.75, 3.05) is 5.32 Å². The van der Waals surface area contributed by atoms with E-state index < -0.39 is 5.97 Å². The minimum Gasteiger partial charge on any atom is -0.481 e. The normalized spacial score (nSPS) is 20.3. The monoisotopic (exact) mass is 219 g/mol. The van der Waals surface area contributed by atoms with Gasteiger partial charge >= 0.3 is 5.97 Å². The molecule has 0 saturated heterocycles. The van der Waals surface area contributed by atoms with Crippen molar-refractivity contribution in [1.82, 2.24) is 0 Å². The molecule has 2 unspecified atom stereocenters. The third-order valence-electron chi connectivity index (χ3n) is 3.23. The van der Waals surface area contributed by atoms with Crippen molar-refractivity contribution in [3.63, 3.8) is 0 Å². The number of nitrogens with one attached hydrogen (secondary N) is 1. The van der Waals surface area contributed by atoms with Crippen LogP contribution in [-0.2, 0) is 11.2 Å². The van der Waals surface area contributed by atoms with Crippen molar-refractivity contribution >= 4 is 11.7 Å². The molecule has 2 N–H and O–H groups in total. The van der Waals surface area contributed by atoms with Crippen molar-refractivity contribution in [2.24, 2.45) is 11.8 Å². The van der Waals surface area contributed by atoms with Gasteiger partial charge in [0.25, 0.3) is 0 Å². The number of anilines is 1. The van der Waals surface area contributed by atoms with E-state index in [1.54, 1.807) is 0 Å². The van der Waals surface area contributed by atoms with Crippen LogP contribution in [0, 0.1) is 11.8 Å². The van der Waals surface area contributed by atoms with E-state index in [9.17, 15) is 9.90 Å². The van der Waals surface area contributed by atoms with Gasteiger partial charge in [-0.3, -0.25) is 4.79 Å². The van der Waals surface area contributed by atoms with Crippen LogP contribution in [0.5, 0.6) is 0 Å². The Balaban J connectivity index is 2.18. The van der Waals surface area contributed by atoms with Crippen molar-refractivity contribution in [2.45, 2.75) is 26.3 Å². The highest BCUT2D eigenvalue weighted by Gasteiger charge is 2.34. The minimum absolute atomic E-state index is 0.0231. The molecule has 1 aliphatic rings. The minimum atomic E-state index is -0.708. The highest BCUT2D eigenvalue weighted by Crippen LogP contribution is 2.31. The molecule has 0 saturated carbocycles. The van der Waals surface area contributed by atoms with Crippen LogP contribution in [0.1, 0.15) is 19.4 Å². The zero-order valence-corrected chi connectivity index (χ0v) is 9.60. The van der Waals surface area contributed by atoms with Gasteiger partial charge in [-0.1, -0.05) is 32.0 Å². The Morgan fingerprint density at radius 3 is 2.69 bits per heavy atom. The first-order valence-corrected chi connectivity index (χ1v) is 5.67. The summed E-state index contributed by atoms with van der Waals surface area (Å²) in [6.07, 6.45) is 0.811. The second-order valence-electron chi connectivity index (χ2n) is 4.72. The first-order valence-electron chi connectivity index (χ1n) is 5.67. The third-order valence-corrected chi connectivity index (χ3v) is 3.23. The average Bonchev–Trinajstić information content (AvgIpc) is 2.58. The quantitative estimate of drug-likeness (QED) is 0.820. The third kappa shape index (κ3) is 1.90. The number of aliphatic carboxylic acids is 1. The summed E-state index contributed by atoms with van der Waals surface area (Å²) >= 11 is 0. The Morgan fingerprint density at radius 1 is 1.44 bits per heavy atom. The molecule has 0 bridgehead atoms. The van der Waals surface area contributed by atoms with Gasteiger partial charge in [0.15, 0.2) is 0 Å². The molecule has 1 heterocycles. The van der Waals surface area contributed by atoms with E-state index in [-0.39, 0.29) is 17.9 Å². The Bertz CT molecular complexity index is 376. The number of hydrogen-bond donors (Lipinski definition) is 2. The summed E-state index contributed by atoms with van der Waals surface area (Å²) in [5.74, 6) is -0.892. The van der Waals surface area contributed by atoms with Gasteiger partial charge in [0.1, 0.15) is 0 Å². The van der Waals surface area contributed by atoms with Crippen LogP contribution in [0.25, 0.3) is 0 Å². The molecule has 1 aromatic carbocycles. The first kappa shape index (κ1) is 11.0. The smallest absolute Gasteiger partial charge is 0.308 e. The van der Waals surface area contributed by atoms with Crippen molar-refractivity contribution < 1.29 is 9.90 Å². The summed E-state index contributed by atoms with van der Waals surface area (Å²) < 4.78 is 0. The molecule has 0 aliphatic carbocycles. The number of fused-ring (bicyclic) bond motifs is 1. The average molecular weight is 219 g/mol. The second-order valence-corrected chi connectivity index (χ2v) is 4.72. The summed E-state index contributed by atoms with van der Waals surface area (Å²) in [4.78, 5) is 11.2. The van der Waals surface area contributed by atoms with Crippen molar-refractivity contribution in [3.8, 4) is 0 Å². The zero-order chi connectivity index (χ0) is 11.7. The maximum Gasteiger partial charge on any atom is 0.308 e. The summed E-state index contributed by atoms with van der Waals surface area (Å²) in [5, 5.41) is 12.6. The van der Waals surface area contributed by atoms with E-state index >= 15 is 0 Å². The van der Waals surface area contributed by atoms with E-state index in [1.807, 2.05) is 32.0 Å². The van der Waals surface area contributed by atoms with Crippen LogP contribution in [0.4, 0.5) is 5.69 Å². The van der Waals surface area contributed by atoms with Gasteiger partial charge in [0.2, 0.25) is 0 Å². The Morgan fingerprint density at radius 2 is 2.12 bits per heavy atom. The first-order chi connectivity index (χ1) is 7.59. The molecular formula is C13H17NO2. The van der Waals surface area contributed by atoms with E-state index in [4.69, 9.17) is 0 Å². The maximum atomic E-state index is 11.2. The van der Waals surface area contributed by atoms with Gasteiger partial charge in [0.05, 0.1) is 5.92 Å². The molecule has 2 atom stereocenters. The molecule has 2 rings (SSSR count). The molecule has 3 heteroatoms. The fourth-order valence-electron chi connectivity index (χ4n) is 2.47. The Kier molecular flexibility index (Phi) is 2.86. The fourth-order valence-corrected chi connectivity index (χ4v) is 2.47. The highest BCUT2D eigenvalue weighted by molar-refractivity contribution is 5.73. The van der Waals surface area contributed by atoms with Crippen LogP contribution in [0.2, 0.25) is 0 Å². The standard InChI is InChI=1S/C13H17NO2/c1-8(2)12(13(15)16)11-7-9-5-3-4-6-10(9)14-11/h3-6,8,11-12,14H,7H2,1-2H3,(H,15,16). The van der Waals surface area contributed by atoms with E-state index in [0.717, 1.165) is 12.1 Å². The molecule has 0 amide bonds. The maximum absolute atomic E-state index is 11.2.